The number of carbonyl (C=O) groups is 2. The molecule has 35 heavy (non-hydrogen) atoms. The predicted molar refractivity (Wildman–Crippen MR) is 147 cm³/mol. The van der Waals surface area contributed by atoms with E-state index < -0.39 is 6.04 Å². The van der Waals surface area contributed by atoms with Crippen LogP contribution in [0.3, 0.4) is 0 Å². The van der Waals surface area contributed by atoms with Crippen molar-refractivity contribution >= 4 is 35.2 Å². The molecule has 1 atom stereocenters. The Morgan fingerprint density at radius 2 is 1.66 bits per heavy atom. The van der Waals surface area contributed by atoms with Gasteiger partial charge in [0.25, 0.3) is 0 Å². The number of benzene rings is 3. The van der Waals surface area contributed by atoms with Gasteiger partial charge in [0.1, 0.15) is 6.04 Å². The summed E-state index contributed by atoms with van der Waals surface area (Å²) >= 11 is 7.65. The number of amides is 2. The van der Waals surface area contributed by atoms with Crippen LogP contribution in [0.5, 0.6) is 0 Å². The maximum absolute atomic E-state index is 13.6. The van der Waals surface area contributed by atoms with Gasteiger partial charge in [0.05, 0.1) is 5.75 Å². The first kappa shape index (κ1) is 26.8. The fourth-order valence-electron chi connectivity index (χ4n) is 3.85. The van der Waals surface area contributed by atoms with Crippen molar-refractivity contribution in [1.29, 1.82) is 0 Å². The van der Waals surface area contributed by atoms with Gasteiger partial charge in [-0.1, -0.05) is 90.8 Å². The number of nitrogens with zero attached hydrogens (tertiary/aromatic N) is 1. The summed E-state index contributed by atoms with van der Waals surface area (Å²) in [7, 11) is 0. The fraction of sp³-hybridized carbons (Fsp3) is 0.310. The van der Waals surface area contributed by atoms with Crippen LogP contribution in [0.1, 0.15) is 35.6 Å². The highest BCUT2D eigenvalue weighted by molar-refractivity contribution is 7.99. The summed E-state index contributed by atoms with van der Waals surface area (Å²) in [6.45, 7) is 5.01. The lowest BCUT2D eigenvalue weighted by Crippen LogP contribution is -2.51. The third-order valence-corrected chi connectivity index (χ3v) is 6.90. The molecule has 0 unspecified atom stereocenters. The summed E-state index contributed by atoms with van der Waals surface area (Å²) in [5, 5.41) is 3.65. The van der Waals surface area contributed by atoms with E-state index in [1.165, 1.54) is 11.1 Å². The van der Waals surface area contributed by atoms with Gasteiger partial charge in [-0.15, -0.1) is 11.8 Å². The molecule has 0 saturated heterocycles. The second kappa shape index (κ2) is 14.0. The minimum Gasteiger partial charge on any atom is -0.354 e. The molecular weight excluding hydrogens is 476 g/mol. The van der Waals surface area contributed by atoms with E-state index in [-0.39, 0.29) is 11.8 Å². The standard InChI is InChI=1S/C29H33ClN2O2S/c1-3-16-31-29(34)27(18-23-9-5-4-6-10-23)32(19-24-12-14-26(30)15-13-24)28(33)21-35-20-25-11-7-8-22(2)17-25/h4-15,17,27H,3,16,18-21H2,1-2H3,(H,31,34)/t27-/m1/s1. The van der Waals surface area contributed by atoms with Crippen LogP contribution >= 0.6 is 23.4 Å². The number of carbonyl (C=O) groups excluding carboxylic acids is 2. The highest BCUT2D eigenvalue weighted by atomic mass is 35.5. The van der Waals surface area contributed by atoms with Gasteiger partial charge in [0.15, 0.2) is 0 Å². The Hall–Kier alpha value is -2.76. The lowest BCUT2D eigenvalue weighted by atomic mass is 10.0. The van der Waals surface area contributed by atoms with Gasteiger partial charge in [-0.2, -0.15) is 0 Å². The van der Waals surface area contributed by atoms with E-state index in [0.717, 1.165) is 23.3 Å². The number of aryl methyl sites for hydroxylation is 1. The van der Waals surface area contributed by atoms with Gasteiger partial charge in [-0.3, -0.25) is 9.59 Å². The maximum atomic E-state index is 13.6. The molecule has 2 amide bonds. The third kappa shape index (κ3) is 8.75. The van der Waals surface area contributed by atoms with Gasteiger partial charge in [0, 0.05) is 30.3 Å². The number of nitrogens with one attached hydrogen (secondary N) is 1. The molecule has 0 heterocycles. The average Bonchev–Trinajstić information content (AvgIpc) is 2.86. The zero-order valence-electron chi connectivity index (χ0n) is 20.4. The molecule has 0 fully saturated rings. The number of hydrogen-bond acceptors (Lipinski definition) is 3. The summed E-state index contributed by atoms with van der Waals surface area (Å²) < 4.78 is 0. The highest BCUT2D eigenvalue weighted by Crippen LogP contribution is 2.20. The normalized spacial score (nSPS) is 11.6. The van der Waals surface area contributed by atoms with Crippen molar-refractivity contribution in [1.82, 2.24) is 10.2 Å². The maximum Gasteiger partial charge on any atom is 0.243 e. The summed E-state index contributed by atoms with van der Waals surface area (Å²) in [5.74, 6) is 0.869. The second-order valence-corrected chi connectivity index (χ2v) is 10.0. The SMILES string of the molecule is CCCNC(=O)[C@@H](Cc1ccccc1)N(Cc1ccc(Cl)cc1)C(=O)CSCc1cccc(C)c1. The van der Waals surface area contributed by atoms with Crippen molar-refractivity contribution in [2.24, 2.45) is 0 Å². The molecule has 0 spiro atoms. The number of thioether (sulfide) groups is 1. The molecule has 3 rings (SSSR count). The van der Waals surface area contributed by atoms with E-state index in [1.54, 1.807) is 16.7 Å². The van der Waals surface area contributed by atoms with Crippen molar-refractivity contribution in [3.05, 3.63) is 106 Å². The Kier molecular flexibility index (Phi) is 10.7. The third-order valence-electron chi connectivity index (χ3n) is 5.66. The summed E-state index contributed by atoms with van der Waals surface area (Å²) in [4.78, 5) is 28.6. The number of halogens is 1. The minimum atomic E-state index is -0.605. The molecule has 3 aromatic carbocycles. The molecule has 4 nitrogen and oxygen atoms in total. The van der Waals surface area contributed by atoms with E-state index in [9.17, 15) is 9.59 Å². The molecular formula is C29H33ClN2O2S. The fourth-order valence-corrected chi connectivity index (χ4v) is 4.83. The lowest BCUT2D eigenvalue weighted by Gasteiger charge is -2.31. The molecule has 0 bridgehead atoms. The summed E-state index contributed by atoms with van der Waals surface area (Å²) in [6.07, 6.45) is 1.29. The zero-order valence-corrected chi connectivity index (χ0v) is 21.9. The van der Waals surface area contributed by atoms with Crippen molar-refractivity contribution in [3.63, 3.8) is 0 Å². The van der Waals surface area contributed by atoms with Gasteiger partial charge in [-0.05, 0) is 42.2 Å². The van der Waals surface area contributed by atoms with E-state index in [4.69, 9.17) is 11.6 Å². The van der Waals surface area contributed by atoms with Gasteiger partial charge in [-0.25, -0.2) is 0 Å². The second-order valence-electron chi connectivity index (χ2n) is 8.63. The Labute approximate surface area is 218 Å². The molecule has 184 valence electrons. The number of hydrogen-bond donors (Lipinski definition) is 1. The van der Waals surface area contributed by atoms with Crippen LogP contribution in [-0.2, 0) is 28.3 Å². The monoisotopic (exact) mass is 508 g/mol. The molecule has 0 aliphatic carbocycles. The summed E-state index contributed by atoms with van der Waals surface area (Å²) in [6, 6.07) is 25.0. The van der Waals surface area contributed by atoms with E-state index >= 15 is 0 Å². The first-order valence-corrected chi connectivity index (χ1v) is 13.5. The lowest BCUT2D eigenvalue weighted by molar-refractivity contribution is -0.139. The van der Waals surface area contributed by atoms with E-state index in [2.05, 4.69) is 30.4 Å². The molecule has 0 aromatic heterocycles. The van der Waals surface area contributed by atoms with Crippen LogP contribution in [-0.4, -0.2) is 35.1 Å². The van der Waals surface area contributed by atoms with Crippen molar-refractivity contribution < 1.29 is 9.59 Å². The van der Waals surface area contributed by atoms with Crippen LogP contribution in [0, 0.1) is 6.92 Å². The number of rotatable bonds is 12. The van der Waals surface area contributed by atoms with Crippen LogP contribution in [0.25, 0.3) is 0 Å². The molecule has 0 aliphatic heterocycles. The van der Waals surface area contributed by atoms with Gasteiger partial charge < -0.3 is 10.2 Å². The van der Waals surface area contributed by atoms with Crippen molar-refractivity contribution in [2.75, 3.05) is 12.3 Å². The molecule has 6 heteroatoms. The van der Waals surface area contributed by atoms with Crippen LogP contribution in [0.2, 0.25) is 5.02 Å². The largest absolute Gasteiger partial charge is 0.354 e. The Morgan fingerprint density at radius 1 is 0.943 bits per heavy atom. The zero-order chi connectivity index (χ0) is 25.0. The van der Waals surface area contributed by atoms with Crippen LogP contribution in [0.15, 0.2) is 78.9 Å². The first-order chi connectivity index (χ1) is 17.0. The van der Waals surface area contributed by atoms with Gasteiger partial charge in [0.2, 0.25) is 11.8 Å². The molecule has 1 N–H and O–H groups in total. The van der Waals surface area contributed by atoms with Crippen molar-refractivity contribution in [3.8, 4) is 0 Å². The van der Waals surface area contributed by atoms with Crippen LogP contribution < -0.4 is 5.32 Å². The molecule has 0 radical (unpaired) electrons. The van der Waals surface area contributed by atoms with Crippen LogP contribution in [0.4, 0.5) is 0 Å². The molecule has 0 aliphatic rings. The Balaban J connectivity index is 1.82. The first-order valence-electron chi connectivity index (χ1n) is 11.9. The molecule has 0 saturated carbocycles. The van der Waals surface area contributed by atoms with Gasteiger partial charge >= 0.3 is 0 Å². The predicted octanol–water partition coefficient (Wildman–Crippen LogP) is 6.05. The van der Waals surface area contributed by atoms with E-state index in [1.807, 2.05) is 67.6 Å². The minimum absolute atomic E-state index is 0.0508. The topological polar surface area (TPSA) is 49.4 Å². The highest BCUT2D eigenvalue weighted by Gasteiger charge is 2.30. The quantitative estimate of drug-likeness (QED) is 0.324. The van der Waals surface area contributed by atoms with E-state index in [0.29, 0.717) is 30.3 Å². The molecule has 3 aromatic rings. The van der Waals surface area contributed by atoms with Crippen molar-refractivity contribution in [2.45, 2.75) is 45.0 Å². The Morgan fingerprint density at radius 3 is 2.34 bits per heavy atom. The Bertz CT molecular complexity index is 1090. The smallest absolute Gasteiger partial charge is 0.243 e. The summed E-state index contributed by atoms with van der Waals surface area (Å²) in [5.41, 5.74) is 4.35. The average molecular weight is 509 g/mol.